The minimum absolute atomic E-state index is 0.00406. The molecule has 40 heteroatoms. The number of phenols is 1. The molecule has 2 heterocycles. The fourth-order valence-corrected chi connectivity index (χ4v) is 15.6. The van der Waals surface area contributed by atoms with E-state index in [9.17, 15) is 53.7 Å². The van der Waals surface area contributed by atoms with Gasteiger partial charge in [0.2, 0.25) is 88.6 Å². The Hall–Kier alpha value is -13.3. The number of nitrogens with two attached hydrogens (primary N) is 2. The molecule has 5 aromatic carbocycles. The summed E-state index contributed by atoms with van der Waals surface area (Å²) in [6.45, 7) is 2.74. The van der Waals surface area contributed by atoms with Gasteiger partial charge in [0, 0.05) is 110 Å². The number of fused-ring (bicyclic) bond motifs is 1. The highest BCUT2D eigenvalue weighted by atomic mass is 32.2. The number of primary amides is 1. The quantitative estimate of drug-likeness (QED) is 0.0147. The van der Waals surface area contributed by atoms with Crippen molar-refractivity contribution in [2.75, 3.05) is 72.9 Å². The minimum atomic E-state index is -1.85. The van der Waals surface area contributed by atoms with E-state index in [4.69, 9.17) is 16.9 Å². The van der Waals surface area contributed by atoms with Crippen molar-refractivity contribution in [3.8, 4) is 5.75 Å². The second-order valence-electron chi connectivity index (χ2n) is 32.0. The number of H-pyrrole nitrogens is 1. The SMILES string of the molecule is CCCC[C@H]1C(=O)N(C)CC(=O)N[C@@H](CC(O)=P)C(=O)N[C@@H](C(C)C)C(=O)N(C)[C@@H](Cc2ccccc2)C(=O)N[C@@H](CCCNC(=N)N)C(=O)N(C)CC(=O)N[C@@H](Cc2c[nH]c3ccccc23)C(=O)N[C@@H](Cc2ccc(O)cc2)C(=O)N[C@@H](CCC(=O)O)C(=O)N[C@H](C(=O)NCC(N)=O)CSCC(=O)N[C@@H](Cc2ccccc2)C(=O)N(C)[C@@H](Cc2ccccc2)C(=O)N1C. The maximum Gasteiger partial charge on any atom is 0.303 e. The van der Waals surface area contributed by atoms with Crippen molar-refractivity contribution >= 4 is 138 Å². The average Bonchev–Trinajstić information content (AvgIpc) is 1.75. The molecular weight excluding hydrogens is 1700 g/mol. The number of amides is 15. The molecule has 1 fully saturated rings. The van der Waals surface area contributed by atoms with Crippen molar-refractivity contribution < 1.29 is 92.0 Å². The Balaban J connectivity index is 1.34. The molecule has 0 saturated carbocycles. The van der Waals surface area contributed by atoms with Crippen LogP contribution in [0.1, 0.15) is 100.0 Å². The molecule has 0 bridgehead atoms. The fraction of sp³-hybridized carbons (Fsp3) is 0.438. The van der Waals surface area contributed by atoms with Crippen LogP contribution in [0, 0.1) is 11.3 Å². The smallest absolute Gasteiger partial charge is 0.303 e. The largest absolute Gasteiger partial charge is 0.508 e. The van der Waals surface area contributed by atoms with Gasteiger partial charge in [-0.1, -0.05) is 164 Å². The number of likely N-dealkylation sites (N-methyl/N-ethyl adjacent to an activating group) is 5. The Labute approximate surface area is 754 Å². The molecule has 7 rings (SSSR count). The van der Waals surface area contributed by atoms with Gasteiger partial charge < -0.3 is 109 Å². The average molecular weight is 1820 g/mol. The zero-order valence-electron chi connectivity index (χ0n) is 73.4. The monoisotopic (exact) mass is 1820 g/mol. The van der Waals surface area contributed by atoms with Crippen LogP contribution in [0.25, 0.3) is 10.9 Å². The lowest BCUT2D eigenvalue weighted by atomic mass is 9.98. The van der Waals surface area contributed by atoms with Crippen molar-refractivity contribution in [1.82, 2.24) is 82.7 Å². The maximum absolute atomic E-state index is 15.5. The van der Waals surface area contributed by atoms with Crippen LogP contribution in [0.3, 0.4) is 0 Å². The highest BCUT2D eigenvalue weighted by molar-refractivity contribution is 8.00. The number of para-hydroxylation sites is 1. The number of carboxylic acids is 1. The van der Waals surface area contributed by atoms with Crippen LogP contribution in [-0.2, 0) is 109 Å². The van der Waals surface area contributed by atoms with Gasteiger partial charge in [0.1, 0.15) is 72.2 Å². The third-order valence-corrected chi connectivity index (χ3v) is 22.9. The number of unbranched alkanes of at least 4 members (excludes halogenated alkanes) is 1. The van der Waals surface area contributed by atoms with Crippen LogP contribution in [0.5, 0.6) is 5.75 Å². The molecule has 694 valence electrons. The number of nitrogens with one attached hydrogen (secondary N) is 12. The zero-order valence-corrected chi connectivity index (χ0v) is 75.2. The summed E-state index contributed by atoms with van der Waals surface area (Å²) in [5, 5.41) is 65.7. The molecule has 1 aromatic heterocycles. The van der Waals surface area contributed by atoms with E-state index in [-0.39, 0.29) is 57.2 Å². The van der Waals surface area contributed by atoms with Crippen LogP contribution in [-0.4, -0.2) is 290 Å². The van der Waals surface area contributed by atoms with E-state index in [2.05, 4.69) is 67.0 Å². The molecule has 1 aliphatic heterocycles. The van der Waals surface area contributed by atoms with Gasteiger partial charge in [-0.15, -0.1) is 11.8 Å². The maximum atomic E-state index is 15.5. The Morgan fingerprint density at radius 3 is 1.57 bits per heavy atom. The summed E-state index contributed by atoms with van der Waals surface area (Å²) < 4.78 is 0. The number of aromatic nitrogens is 1. The number of hydrogen-bond acceptors (Lipinski definition) is 19. The lowest BCUT2D eigenvalue weighted by Crippen LogP contribution is -2.61. The lowest BCUT2D eigenvalue weighted by Gasteiger charge is -2.37. The van der Waals surface area contributed by atoms with Gasteiger partial charge in [-0.2, -0.15) is 0 Å². The second-order valence-corrected chi connectivity index (χ2v) is 33.6. The molecule has 1 aliphatic rings. The van der Waals surface area contributed by atoms with Crippen LogP contribution < -0.4 is 64.6 Å². The molecular formula is C89H118N19O19PS. The molecule has 19 N–H and O–H groups in total. The van der Waals surface area contributed by atoms with Crippen molar-refractivity contribution in [3.63, 3.8) is 0 Å². The van der Waals surface area contributed by atoms with E-state index >= 15 is 38.4 Å². The number of carbonyl (C=O) groups is 16. The number of benzene rings is 5. The standard InChI is InChI=1S/C89H118N19O19PS/c1-9-10-32-68-86(125)105(5)49-73(112)97-65(45-76(116)128)82(121)103-77(52(2)3)88(127)107(7)69(42-54-25-16-12-17-26-54)83(122)100-62(31-22-39-93-89(91)92)84(123)104(4)48-72(111)96-64(44-57-46-94-60-30-21-20-29-59(57)60)81(120)101-63(40-56-33-35-58(109)36-34-56)80(119)99-61(37-38-75(114)115)79(118)102-67(78(117)95-47-71(90)110)50-129-51-74(113)98-66(41-53-23-14-11-15-24-53)85(124)108(8)70(87(126)106(68)6)43-55-27-18-13-19-28-55/h11-21,23-30,33-36,46,52,61-70,77,94,109,116,128H,9-10,22,31-32,37-45,47-51H2,1-8H3,(H2,90,110)(H,95,117)(H,96,111)(H,97,112)(H,98,113)(H,99,119)(H,100,122)(H,101,120)(H,102,118)(H,103,121)(H,114,115)(H4,91,92,93)/t61-,62-,63-,64-,65-,66-,67-,68-,69-,70-,77-/m0/s1. The molecule has 0 aliphatic carbocycles. The summed E-state index contributed by atoms with van der Waals surface area (Å²) in [6.07, 6.45) is -0.817. The van der Waals surface area contributed by atoms with Crippen molar-refractivity contribution in [3.05, 3.63) is 174 Å². The predicted octanol–water partition coefficient (Wildman–Crippen LogP) is 0.0209. The Morgan fingerprint density at radius 1 is 0.504 bits per heavy atom. The number of hydrogen-bond donors (Lipinski definition) is 17. The molecule has 0 unspecified atom stereocenters. The number of thioether (sulfide) groups is 1. The van der Waals surface area contributed by atoms with Crippen LogP contribution in [0.2, 0.25) is 0 Å². The summed E-state index contributed by atoms with van der Waals surface area (Å²) in [6, 6.07) is 20.8. The minimum Gasteiger partial charge on any atom is -0.508 e. The van der Waals surface area contributed by atoms with Gasteiger partial charge in [-0.05, 0) is 77.6 Å². The first-order valence-corrected chi connectivity index (χ1v) is 43.8. The van der Waals surface area contributed by atoms with Crippen molar-refractivity contribution in [1.29, 1.82) is 5.41 Å². The molecule has 1 saturated heterocycles. The molecule has 38 nitrogen and oxygen atoms in total. The van der Waals surface area contributed by atoms with Gasteiger partial charge in [0.15, 0.2) is 5.96 Å². The number of phenolic OH excluding ortho intramolecular Hbond substituents is 1. The Morgan fingerprint density at radius 2 is 1.00 bits per heavy atom. The topological polar surface area (TPSA) is 562 Å². The van der Waals surface area contributed by atoms with Crippen LogP contribution in [0.15, 0.2) is 146 Å². The number of aromatic amines is 1. The van der Waals surface area contributed by atoms with Crippen LogP contribution >= 0.6 is 20.6 Å². The zero-order chi connectivity index (χ0) is 94.7. The number of nitrogens with zero attached hydrogens (tertiary/aromatic N) is 5. The van der Waals surface area contributed by atoms with E-state index in [0.29, 0.717) is 51.6 Å². The van der Waals surface area contributed by atoms with E-state index in [1.807, 2.05) is 6.92 Å². The first kappa shape index (κ1) is 103. The molecule has 129 heavy (non-hydrogen) atoms. The predicted molar refractivity (Wildman–Crippen MR) is 484 cm³/mol. The summed E-state index contributed by atoms with van der Waals surface area (Å²) in [4.78, 5) is 242. The van der Waals surface area contributed by atoms with Crippen molar-refractivity contribution in [2.45, 2.75) is 171 Å². The number of aromatic hydroxyl groups is 1. The third-order valence-electron chi connectivity index (χ3n) is 21.6. The van der Waals surface area contributed by atoms with Gasteiger partial charge >= 0.3 is 5.97 Å². The van der Waals surface area contributed by atoms with E-state index in [1.54, 1.807) is 135 Å². The third kappa shape index (κ3) is 32.5. The summed E-state index contributed by atoms with van der Waals surface area (Å²) in [7, 11) is 9.61. The summed E-state index contributed by atoms with van der Waals surface area (Å²) >= 11 is 0.749. The number of aliphatic hydroxyl groups excluding tert-OH is 1. The second kappa shape index (κ2) is 50.9. The summed E-state index contributed by atoms with van der Waals surface area (Å²) in [5.74, 6) is -17.8. The number of rotatable bonds is 26. The normalized spacial score (nSPS) is 21.8. The number of aliphatic carboxylic acids is 1. The first-order chi connectivity index (χ1) is 61.3. The molecule has 11 atom stereocenters. The van der Waals surface area contributed by atoms with Gasteiger partial charge in [-0.25, -0.2) is 0 Å². The van der Waals surface area contributed by atoms with Crippen LogP contribution in [0.4, 0.5) is 0 Å². The van der Waals surface area contributed by atoms with Gasteiger partial charge in [-0.3, -0.25) is 82.1 Å². The number of carbonyl (C=O) groups excluding carboxylic acids is 15. The highest BCUT2D eigenvalue weighted by Crippen LogP contribution is 2.24. The lowest BCUT2D eigenvalue weighted by molar-refractivity contribution is -0.151. The van der Waals surface area contributed by atoms with E-state index < -0.39 is 235 Å². The molecule has 0 spiro atoms. The number of guanidine groups is 1. The first-order valence-electron chi connectivity index (χ1n) is 42.2. The van der Waals surface area contributed by atoms with Gasteiger partial charge in [0.05, 0.1) is 30.9 Å². The number of carboxylic acid groups (broad SMARTS) is 1. The Kier molecular flexibility index (Phi) is 40.6. The number of aliphatic hydroxyl groups is 1. The van der Waals surface area contributed by atoms with Crippen molar-refractivity contribution in [2.24, 2.45) is 17.4 Å². The summed E-state index contributed by atoms with van der Waals surface area (Å²) in [5.41, 5.74) is 13.6. The molecule has 15 amide bonds. The Bertz CT molecular complexity index is 4940. The molecule has 0 radical (unpaired) electrons. The molecule has 6 aromatic rings. The van der Waals surface area contributed by atoms with E-state index in [0.717, 1.165) is 31.4 Å². The van der Waals surface area contributed by atoms with E-state index in [1.165, 1.54) is 64.4 Å². The van der Waals surface area contributed by atoms with Gasteiger partial charge in [0.25, 0.3) is 0 Å². The highest BCUT2D eigenvalue weighted by Gasteiger charge is 2.42. The fourth-order valence-electron chi connectivity index (χ4n) is 14.5.